The maximum atomic E-state index is 14.4. The molecule has 0 aliphatic carbocycles. The second kappa shape index (κ2) is 8.06. The average molecular weight is 435 g/mol. The number of halogens is 3. The van der Waals surface area contributed by atoms with Crippen molar-refractivity contribution < 1.29 is 14.5 Å². The highest BCUT2D eigenvalue weighted by Crippen LogP contribution is 2.36. The van der Waals surface area contributed by atoms with Gasteiger partial charge in [-0.05, 0) is 34.5 Å². The Morgan fingerprint density at radius 2 is 1.75 bits per heavy atom. The number of hydrogen-bond donors (Lipinski definition) is 1. The molecule has 0 atom stereocenters. The molecule has 0 fully saturated rings. The highest BCUT2D eigenvalue weighted by molar-refractivity contribution is 5.81. The van der Waals surface area contributed by atoms with E-state index < -0.39 is 24.4 Å². The molecule has 0 amide bonds. The predicted molar refractivity (Wildman–Crippen MR) is 110 cm³/mol. The van der Waals surface area contributed by atoms with Crippen LogP contribution in [0.15, 0.2) is 66.8 Å². The molecule has 3 aromatic carbocycles. The third kappa shape index (κ3) is 3.51. The first-order valence-electron chi connectivity index (χ1n) is 9.96. The molecule has 0 aliphatic rings. The van der Waals surface area contributed by atoms with Crippen LogP contribution in [0.4, 0.5) is 13.2 Å². The monoisotopic (exact) mass is 435 g/mol. The van der Waals surface area contributed by atoms with E-state index in [1.165, 1.54) is 10.9 Å². The Hall–Kier alpha value is -4.34. The van der Waals surface area contributed by atoms with Gasteiger partial charge in [-0.25, -0.2) is 17.9 Å². The summed E-state index contributed by atoms with van der Waals surface area (Å²) in [4.78, 5) is 0. The van der Waals surface area contributed by atoms with Crippen molar-refractivity contribution in [3.05, 3.63) is 84.0 Å². The van der Waals surface area contributed by atoms with Gasteiger partial charge in [-0.2, -0.15) is 5.21 Å². The smallest absolute Gasteiger partial charge is 0.207 e. The van der Waals surface area contributed by atoms with E-state index in [4.69, 9.17) is 1.37 Å². The maximum absolute atomic E-state index is 14.4. The van der Waals surface area contributed by atoms with E-state index in [0.29, 0.717) is 22.4 Å². The molecule has 2 heterocycles. The summed E-state index contributed by atoms with van der Waals surface area (Å²) in [5.74, 6) is -1.87. The summed E-state index contributed by atoms with van der Waals surface area (Å²) in [6.45, 7) is -0.815. The molecule has 1 N–H and O–H groups in total. The molecule has 0 bridgehead atoms. The van der Waals surface area contributed by atoms with Gasteiger partial charge in [-0.1, -0.05) is 41.6 Å². The maximum Gasteiger partial charge on any atom is 0.207 e. The second-order valence-electron chi connectivity index (χ2n) is 6.83. The molecule has 0 saturated heterocycles. The molecule has 0 unspecified atom stereocenters. The van der Waals surface area contributed by atoms with Gasteiger partial charge >= 0.3 is 0 Å². The van der Waals surface area contributed by atoms with Gasteiger partial charge in [0, 0.05) is 17.2 Å². The molecular formula is C22H14F3N7. The van der Waals surface area contributed by atoms with Gasteiger partial charge in [0.05, 0.1) is 18.8 Å². The Balaban J connectivity index is 1.68. The van der Waals surface area contributed by atoms with Crippen molar-refractivity contribution in [2.75, 3.05) is 0 Å². The quantitative estimate of drug-likeness (QED) is 0.439. The minimum atomic E-state index is -1.01. The molecule has 0 saturated carbocycles. The lowest BCUT2D eigenvalue weighted by Crippen LogP contribution is -2.04. The number of benzene rings is 3. The van der Waals surface area contributed by atoms with E-state index in [-0.39, 0.29) is 17.1 Å². The van der Waals surface area contributed by atoms with Crippen LogP contribution in [-0.2, 0) is 6.67 Å². The Kier molecular flexibility index (Phi) is 4.64. The zero-order valence-electron chi connectivity index (χ0n) is 17.3. The fraction of sp³-hybridized carbons (Fsp3) is 0.0455. The number of hydrogen-bond acceptors (Lipinski definition) is 5. The second-order valence-corrected chi connectivity index (χ2v) is 6.83. The van der Waals surface area contributed by atoms with Gasteiger partial charge in [0.15, 0.2) is 0 Å². The zero-order chi connectivity index (χ0) is 22.9. The number of aromatic nitrogens is 7. The van der Waals surface area contributed by atoms with Gasteiger partial charge in [-0.3, -0.25) is 0 Å². The van der Waals surface area contributed by atoms with Crippen LogP contribution in [0.1, 0.15) is 6.93 Å². The van der Waals surface area contributed by atoms with Crippen molar-refractivity contribution in [3.8, 4) is 39.5 Å². The first-order valence-corrected chi connectivity index (χ1v) is 9.46. The zero-order valence-corrected chi connectivity index (χ0v) is 16.3. The van der Waals surface area contributed by atoms with Crippen LogP contribution in [-0.4, -0.2) is 35.6 Å². The fourth-order valence-corrected chi connectivity index (χ4v) is 3.53. The van der Waals surface area contributed by atoms with Crippen molar-refractivity contribution in [2.45, 2.75) is 6.67 Å². The predicted octanol–water partition coefficient (Wildman–Crippen LogP) is 4.53. The summed E-state index contributed by atoms with van der Waals surface area (Å²) in [5, 5.41) is 22.0. The molecular weight excluding hydrogens is 419 g/mol. The minimum absolute atomic E-state index is 0.111. The summed E-state index contributed by atoms with van der Waals surface area (Å²) >= 11 is 0. The van der Waals surface area contributed by atoms with Gasteiger partial charge < -0.3 is 0 Å². The van der Waals surface area contributed by atoms with E-state index in [1.54, 1.807) is 12.1 Å². The van der Waals surface area contributed by atoms with Crippen LogP contribution in [0, 0.1) is 11.6 Å². The molecule has 5 aromatic rings. The number of nitrogens with one attached hydrogen (secondary N) is 1. The van der Waals surface area contributed by atoms with Gasteiger partial charge in [-0.15, -0.1) is 15.3 Å². The highest BCUT2D eigenvalue weighted by atomic mass is 19.1. The highest BCUT2D eigenvalue weighted by Gasteiger charge is 2.21. The van der Waals surface area contributed by atoms with Crippen LogP contribution in [0.2, 0.25) is 0 Å². The molecule has 7 nitrogen and oxygen atoms in total. The molecule has 2 aromatic heterocycles. The Morgan fingerprint density at radius 3 is 2.44 bits per heavy atom. The summed E-state index contributed by atoms with van der Waals surface area (Å²) in [7, 11) is 0. The lowest BCUT2D eigenvalue weighted by atomic mass is 9.94. The standard InChI is InChI=1S/C22H14F3N7/c23-11-18-17(13-4-2-1-3-5-13)6-7-20(21(18)22-27-29-30-28-22)32-12-19(26-31-32)14-8-15(24)10-16(25)9-14/h1-10,12H,11H2,(H,27,28,29,30)/i10T. The Bertz CT molecular complexity index is 1410. The van der Waals surface area contributed by atoms with Gasteiger partial charge in [0.25, 0.3) is 0 Å². The average Bonchev–Trinajstić information content (AvgIpc) is 3.54. The number of tetrazole rings is 1. The SMILES string of the molecule is [3H]c1c(F)cc(-c2cn(-c3ccc(-c4ccccc4)c(CF)c3-c3nn[nH]n3)nn2)cc1F. The van der Waals surface area contributed by atoms with Crippen LogP contribution in [0.25, 0.3) is 39.5 Å². The van der Waals surface area contributed by atoms with Crippen molar-refractivity contribution in [1.82, 2.24) is 35.6 Å². The largest absolute Gasteiger partial charge is 0.246 e. The third-order valence-electron chi connectivity index (χ3n) is 4.92. The molecule has 32 heavy (non-hydrogen) atoms. The van der Waals surface area contributed by atoms with Crippen LogP contribution < -0.4 is 0 Å². The number of rotatable bonds is 5. The number of aromatic amines is 1. The summed E-state index contributed by atoms with van der Waals surface area (Å²) < 4.78 is 50.8. The lowest BCUT2D eigenvalue weighted by molar-refractivity contribution is 0.486. The third-order valence-corrected chi connectivity index (χ3v) is 4.92. The van der Waals surface area contributed by atoms with E-state index in [2.05, 4.69) is 30.9 Å². The molecule has 158 valence electrons. The van der Waals surface area contributed by atoms with E-state index in [0.717, 1.165) is 17.7 Å². The molecule has 5 rings (SSSR count). The van der Waals surface area contributed by atoms with E-state index in [1.807, 2.05) is 30.3 Å². The molecule has 0 aliphatic heterocycles. The topological polar surface area (TPSA) is 85.2 Å². The first kappa shape index (κ1) is 18.4. The Labute approximate surface area is 180 Å². The first-order chi connectivity index (χ1) is 16.1. The Morgan fingerprint density at radius 1 is 0.969 bits per heavy atom. The normalized spacial score (nSPS) is 11.5. The van der Waals surface area contributed by atoms with Crippen LogP contribution in [0.3, 0.4) is 0 Å². The van der Waals surface area contributed by atoms with Crippen LogP contribution >= 0.6 is 0 Å². The summed E-state index contributed by atoms with van der Waals surface area (Å²) in [6, 6.07) is 13.9. The molecule has 0 spiro atoms. The summed E-state index contributed by atoms with van der Waals surface area (Å²) in [6.07, 6.45) is 1.45. The fourth-order valence-electron chi connectivity index (χ4n) is 3.53. The lowest BCUT2D eigenvalue weighted by Gasteiger charge is -2.15. The van der Waals surface area contributed by atoms with Gasteiger partial charge in [0.1, 0.15) is 24.0 Å². The minimum Gasteiger partial charge on any atom is -0.246 e. The number of alkyl halides is 1. The van der Waals surface area contributed by atoms with E-state index in [9.17, 15) is 13.2 Å². The molecule has 0 radical (unpaired) electrons. The van der Waals surface area contributed by atoms with Crippen molar-refractivity contribution >= 4 is 0 Å². The van der Waals surface area contributed by atoms with Crippen molar-refractivity contribution in [2.24, 2.45) is 0 Å². The van der Waals surface area contributed by atoms with Crippen molar-refractivity contribution in [1.29, 1.82) is 0 Å². The van der Waals surface area contributed by atoms with E-state index >= 15 is 0 Å². The molecule has 10 heteroatoms. The van der Waals surface area contributed by atoms with Gasteiger partial charge in [0.2, 0.25) is 5.82 Å². The van der Waals surface area contributed by atoms with Crippen molar-refractivity contribution in [3.63, 3.8) is 0 Å². The number of nitrogens with zero attached hydrogens (tertiary/aromatic N) is 6. The summed E-state index contributed by atoms with van der Waals surface area (Å²) in [5.41, 5.74) is 2.82. The van der Waals surface area contributed by atoms with Crippen LogP contribution in [0.5, 0.6) is 0 Å². The number of H-pyrrole nitrogens is 1.